The molecule has 1 unspecified atom stereocenters. The Kier molecular flexibility index (Phi) is 5.29. The molecule has 0 heterocycles. The Bertz CT molecular complexity index is 295. The SMILES string of the molecule is Cc1ccc(OCC(CO)NC(C)C)cc1. The van der Waals surface area contributed by atoms with Gasteiger partial charge in [0.2, 0.25) is 0 Å². The zero-order valence-electron chi connectivity index (χ0n) is 10.2. The lowest BCUT2D eigenvalue weighted by Crippen LogP contribution is -2.41. The van der Waals surface area contributed by atoms with Gasteiger partial charge in [-0.15, -0.1) is 0 Å². The van der Waals surface area contributed by atoms with Crippen LogP contribution in [0.1, 0.15) is 19.4 Å². The van der Waals surface area contributed by atoms with Crippen molar-refractivity contribution in [3.63, 3.8) is 0 Å². The monoisotopic (exact) mass is 223 g/mol. The van der Waals surface area contributed by atoms with Gasteiger partial charge in [0.25, 0.3) is 0 Å². The van der Waals surface area contributed by atoms with Crippen molar-refractivity contribution in [3.8, 4) is 5.75 Å². The number of rotatable bonds is 6. The molecule has 0 bridgehead atoms. The van der Waals surface area contributed by atoms with Crippen LogP contribution in [0.25, 0.3) is 0 Å². The molecule has 2 N–H and O–H groups in total. The van der Waals surface area contributed by atoms with Crippen molar-refractivity contribution >= 4 is 0 Å². The zero-order valence-corrected chi connectivity index (χ0v) is 10.2. The summed E-state index contributed by atoms with van der Waals surface area (Å²) in [6.45, 7) is 6.71. The van der Waals surface area contributed by atoms with Crippen molar-refractivity contribution in [2.45, 2.75) is 32.9 Å². The molecule has 3 nitrogen and oxygen atoms in total. The predicted octanol–water partition coefficient (Wildman–Crippen LogP) is 1.73. The molecule has 1 aromatic carbocycles. The zero-order chi connectivity index (χ0) is 12.0. The summed E-state index contributed by atoms with van der Waals surface area (Å²) in [5.41, 5.74) is 1.21. The number of nitrogens with one attached hydrogen (secondary N) is 1. The van der Waals surface area contributed by atoms with Gasteiger partial charge in [0.05, 0.1) is 12.6 Å². The molecule has 0 radical (unpaired) electrons. The van der Waals surface area contributed by atoms with Crippen molar-refractivity contribution in [3.05, 3.63) is 29.8 Å². The topological polar surface area (TPSA) is 41.5 Å². The Balaban J connectivity index is 2.40. The number of aliphatic hydroxyl groups excluding tert-OH is 1. The van der Waals surface area contributed by atoms with Gasteiger partial charge in [-0.3, -0.25) is 0 Å². The van der Waals surface area contributed by atoms with Crippen LogP contribution < -0.4 is 10.1 Å². The molecular formula is C13H21NO2. The second-order valence-corrected chi connectivity index (χ2v) is 4.32. The molecule has 0 fully saturated rings. The normalized spacial score (nSPS) is 12.8. The maximum absolute atomic E-state index is 9.15. The maximum Gasteiger partial charge on any atom is 0.119 e. The Labute approximate surface area is 97.4 Å². The van der Waals surface area contributed by atoms with Crippen molar-refractivity contribution in [2.75, 3.05) is 13.2 Å². The first kappa shape index (κ1) is 13.0. The first-order chi connectivity index (χ1) is 7.61. The van der Waals surface area contributed by atoms with E-state index in [0.29, 0.717) is 12.6 Å². The Hall–Kier alpha value is -1.06. The summed E-state index contributed by atoms with van der Waals surface area (Å²) in [5.74, 6) is 0.842. The van der Waals surface area contributed by atoms with Gasteiger partial charge in [-0.05, 0) is 19.1 Å². The smallest absolute Gasteiger partial charge is 0.119 e. The third-order valence-electron chi connectivity index (χ3n) is 2.26. The van der Waals surface area contributed by atoms with E-state index in [-0.39, 0.29) is 12.6 Å². The molecule has 0 saturated carbocycles. The molecule has 0 aromatic heterocycles. The van der Waals surface area contributed by atoms with Gasteiger partial charge in [0.1, 0.15) is 12.4 Å². The van der Waals surface area contributed by atoms with Gasteiger partial charge >= 0.3 is 0 Å². The van der Waals surface area contributed by atoms with E-state index in [1.54, 1.807) is 0 Å². The summed E-state index contributed by atoms with van der Waals surface area (Å²) in [4.78, 5) is 0. The Morgan fingerprint density at radius 2 is 1.88 bits per heavy atom. The fourth-order valence-electron chi connectivity index (χ4n) is 1.46. The van der Waals surface area contributed by atoms with Gasteiger partial charge in [-0.25, -0.2) is 0 Å². The van der Waals surface area contributed by atoms with Crippen LogP contribution in [0, 0.1) is 6.92 Å². The molecule has 16 heavy (non-hydrogen) atoms. The molecule has 0 aliphatic rings. The molecule has 90 valence electrons. The lowest BCUT2D eigenvalue weighted by Gasteiger charge is -2.19. The molecule has 0 amide bonds. The molecule has 0 spiro atoms. The van der Waals surface area contributed by atoms with Gasteiger partial charge < -0.3 is 15.2 Å². The van der Waals surface area contributed by atoms with Crippen LogP contribution in [0.2, 0.25) is 0 Å². The summed E-state index contributed by atoms with van der Waals surface area (Å²) >= 11 is 0. The summed E-state index contributed by atoms with van der Waals surface area (Å²) in [5, 5.41) is 12.4. The second kappa shape index (κ2) is 6.51. The summed E-state index contributed by atoms with van der Waals surface area (Å²) in [7, 11) is 0. The van der Waals surface area contributed by atoms with Crippen LogP contribution in [-0.2, 0) is 0 Å². The van der Waals surface area contributed by atoms with E-state index in [1.807, 2.05) is 31.2 Å². The number of aliphatic hydroxyl groups is 1. The van der Waals surface area contributed by atoms with Gasteiger partial charge in [-0.2, -0.15) is 0 Å². The van der Waals surface area contributed by atoms with E-state index in [9.17, 15) is 0 Å². The van der Waals surface area contributed by atoms with Crippen molar-refractivity contribution in [1.82, 2.24) is 5.32 Å². The van der Waals surface area contributed by atoms with Crippen molar-refractivity contribution < 1.29 is 9.84 Å². The third kappa shape index (κ3) is 4.64. The average Bonchev–Trinajstić information content (AvgIpc) is 2.26. The maximum atomic E-state index is 9.15. The van der Waals surface area contributed by atoms with Crippen LogP contribution in [0.4, 0.5) is 0 Å². The minimum Gasteiger partial charge on any atom is -0.492 e. The lowest BCUT2D eigenvalue weighted by atomic mass is 10.2. The quantitative estimate of drug-likeness (QED) is 0.771. The number of aryl methyl sites for hydroxylation is 1. The molecule has 0 aliphatic heterocycles. The highest BCUT2D eigenvalue weighted by molar-refractivity contribution is 5.26. The summed E-state index contributed by atoms with van der Waals surface area (Å²) < 4.78 is 5.59. The van der Waals surface area contributed by atoms with E-state index < -0.39 is 0 Å². The number of benzene rings is 1. The van der Waals surface area contributed by atoms with E-state index >= 15 is 0 Å². The number of ether oxygens (including phenoxy) is 1. The first-order valence-electron chi connectivity index (χ1n) is 5.68. The second-order valence-electron chi connectivity index (χ2n) is 4.32. The Morgan fingerprint density at radius 1 is 1.25 bits per heavy atom. The number of hydrogen-bond donors (Lipinski definition) is 2. The van der Waals surface area contributed by atoms with Crippen LogP contribution in [0.3, 0.4) is 0 Å². The van der Waals surface area contributed by atoms with Crippen LogP contribution in [0.5, 0.6) is 5.75 Å². The van der Waals surface area contributed by atoms with Crippen molar-refractivity contribution in [2.24, 2.45) is 0 Å². The molecule has 1 rings (SSSR count). The molecule has 0 aliphatic carbocycles. The van der Waals surface area contributed by atoms with Gasteiger partial charge in [0, 0.05) is 6.04 Å². The molecule has 1 atom stereocenters. The first-order valence-corrected chi connectivity index (χ1v) is 5.68. The van der Waals surface area contributed by atoms with Crippen LogP contribution in [0.15, 0.2) is 24.3 Å². The van der Waals surface area contributed by atoms with Gasteiger partial charge in [0.15, 0.2) is 0 Å². The van der Waals surface area contributed by atoms with E-state index in [0.717, 1.165) is 5.75 Å². The minimum absolute atomic E-state index is 0.0127. The highest BCUT2D eigenvalue weighted by Crippen LogP contribution is 2.11. The molecule has 3 heteroatoms. The predicted molar refractivity (Wildman–Crippen MR) is 65.8 cm³/mol. The largest absolute Gasteiger partial charge is 0.492 e. The molecule has 1 aromatic rings. The third-order valence-corrected chi connectivity index (χ3v) is 2.26. The fourth-order valence-corrected chi connectivity index (χ4v) is 1.46. The van der Waals surface area contributed by atoms with Crippen LogP contribution in [-0.4, -0.2) is 30.4 Å². The standard InChI is InChI=1S/C13H21NO2/c1-10(2)14-12(8-15)9-16-13-6-4-11(3)5-7-13/h4-7,10,12,14-15H,8-9H2,1-3H3. The number of hydrogen-bond acceptors (Lipinski definition) is 3. The Morgan fingerprint density at radius 3 is 2.38 bits per heavy atom. The van der Waals surface area contributed by atoms with E-state index in [4.69, 9.17) is 9.84 Å². The molecular weight excluding hydrogens is 202 g/mol. The minimum atomic E-state index is -0.0127. The van der Waals surface area contributed by atoms with E-state index in [1.165, 1.54) is 5.56 Å². The van der Waals surface area contributed by atoms with Crippen LogP contribution >= 0.6 is 0 Å². The highest BCUT2D eigenvalue weighted by atomic mass is 16.5. The molecule has 0 saturated heterocycles. The summed E-state index contributed by atoms with van der Waals surface area (Å²) in [6.07, 6.45) is 0. The van der Waals surface area contributed by atoms with Crippen molar-refractivity contribution in [1.29, 1.82) is 0 Å². The average molecular weight is 223 g/mol. The summed E-state index contributed by atoms with van der Waals surface area (Å²) in [6, 6.07) is 8.25. The van der Waals surface area contributed by atoms with E-state index in [2.05, 4.69) is 19.2 Å². The fraction of sp³-hybridized carbons (Fsp3) is 0.538. The van der Waals surface area contributed by atoms with Gasteiger partial charge in [-0.1, -0.05) is 31.5 Å². The lowest BCUT2D eigenvalue weighted by molar-refractivity contribution is 0.177. The highest BCUT2D eigenvalue weighted by Gasteiger charge is 2.09.